The van der Waals surface area contributed by atoms with E-state index >= 15 is 0 Å². The van der Waals surface area contributed by atoms with Gasteiger partial charge in [-0.05, 0) is 58.6 Å². The van der Waals surface area contributed by atoms with Gasteiger partial charge in [0, 0.05) is 23.5 Å². The van der Waals surface area contributed by atoms with Crippen molar-refractivity contribution in [2.75, 3.05) is 19.3 Å². The fourth-order valence-electron chi connectivity index (χ4n) is 2.60. The molecular weight excluding hydrogens is 469 g/mol. The maximum atomic E-state index is 4.79. The quantitative estimate of drug-likeness (QED) is 0.338. The molecule has 1 heterocycles. The molecule has 7 heteroatoms. The number of hydrogen-bond acceptors (Lipinski definition) is 3. The molecule has 2 aromatic rings. The van der Waals surface area contributed by atoms with Gasteiger partial charge in [0.25, 0.3) is 0 Å². The summed E-state index contributed by atoms with van der Waals surface area (Å²) in [6.45, 7) is 12.9. The molecule has 0 unspecified atom stereocenters. The van der Waals surface area contributed by atoms with Crippen molar-refractivity contribution in [1.29, 1.82) is 0 Å². The van der Waals surface area contributed by atoms with Gasteiger partial charge >= 0.3 is 0 Å². The highest BCUT2D eigenvalue weighted by Crippen LogP contribution is 2.20. The molecule has 0 atom stereocenters. The Hall–Kier alpha value is -1.22. The third-order valence-corrected chi connectivity index (χ3v) is 5.46. The highest BCUT2D eigenvalue weighted by molar-refractivity contribution is 14.0. The SMILES string of the molecule is CCNC(=NCc1ccccc1-n1nc(C)cc1C)NCC(C)(C)SC.I. The van der Waals surface area contributed by atoms with E-state index in [1.807, 2.05) is 29.4 Å². The minimum absolute atomic E-state index is 0. The Bertz CT molecular complexity index is 755. The van der Waals surface area contributed by atoms with Crippen LogP contribution in [-0.2, 0) is 6.54 Å². The second-order valence-electron chi connectivity index (χ2n) is 6.98. The smallest absolute Gasteiger partial charge is 0.191 e. The van der Waals surface area contributed by atoms with Gasteiger partial charge < -0.3 is 10.6 Å². The first kappa shape index (κ1) is 23.8. The first-order valence-corrected chi connectivity index (χ1v) is 10.3. The summed E-state index contributed by atoms with van der Waals surface area (Å²) in [6.07, 6.45) is 2.14. The zero-order chi connectivity index (χ0) is 19.2. The van der Waals surface area contributed by atoms with E-state index in [-0.39, 0.29) is 28.7 Å². The molecule has 150 valence electrons. The van der Waals surface area contributed by atoms with Crippen molar-refractivity contribution in [3.8, 4) is 5.69 Å². The number of benzene rings is 1. The molecule has 0 spiro atoms. The summed E-state index contributed by atoms with van der Waals surface area (Å²) in [6, 6.07) is 10.4. The Kier molecular flexibility index (Phi) is 9.66. The standard InChI is InChI=1S/C20H31N5S.HI/c1-7-21-19(23-14-20(4,5)26-6)22-13-17-10-8-9-11-18(17)25-16(3)12-15(2)24-25;/h8-12H,7,13-14H2,1-6H3,(H2,21,22,23);1H. The summed E-state index contributed by atoms with van der Waals surface area (Å²) in [5.74, 6) is 0.845. The number of aromatic nitrogens is 2. The number of rotatable bonds is 7. The van der Waals surface area contributed by atoms with E-state index in [9.17, 15) is 0 Å². The lowest BCUT2D eigenvalue weighted by molar-refractivity contribution is 0.664. The maximum absolute atomic E-state index is 4.79. The van der Waals surface area contributed by atoms with Crippen LogP contribution in [0.3, 0.4) is 0 Å². The number of guanidine groups is 1. The van der Waals surface area contributed by atoms with Crippen LogP contribution in [0.1, 0.15) is 37.7 Å². The van der Waals surface area contributed by atoms with Crippen LogP contribution in [0.4, 0.5) is 0 Å². The summed E-state index contributed by atoms with van der Waals surface area (Å²) in [4.78, 5) is 4.79. The summed E-state index contributed by atoms with van der Waals surface area (Å²) in [5.41, 5.74) is 4.39. The molecule has 0 saturated carbocycles. The van der Waals surface area contributed by atoms with Crippen LogP contribution in [0.15, 0.2) is 35.3 Å². The zero-order valence-corrected chi connectivity index (χ0v) is 20.3. The van der Waals surface area contributed by atoms with Crippen molar-refractivity contribution in [1.82, 2.24) is 20.4 Å². The van der Waals surface area contributed by atoms with E-state index in [0.717, 1.165) is 41.7 Å². The third-order valence-electron chi connectivity index (χ3n) is 4.22. The summed E-state index contributed by atoms with van der Waals surface area (Å²) in [5, 5.41) is 11.4. The number of nitrogens with one attached hydrogen (secondary N) is 2. The largest absolute Gasteiger partial charge is 0.357 e. The van der Waals surface area contributed by atoms with Crippen LogP contribution < -0.4 is 10.6 Å². The summed E-state index contributed by atoms with van der Waals surface area (Å²) >= 11 is 1.85. The Balaban J connectivity index is 0.00000364. The second kappa shape index (κ2) is 10.9. The average Bonchev–Trinajstić information content (AvgIpc) is 2.96. The lowest BCUT2D eigenvalue weighted by Gasteiger charge is -2.23. The molecule has 2 rings (SSSR count). The predicted molar refractivity (Wildman–Crippen MR) is 129 cm³/mol. The Morgan fingerprint density at radius 3 is 2.52 bits per heavy atom. The highest BCUT2D eigenvalue weighted by atomic mass is 127. The number of aryl methyl sites for hydroxylation is 2. The van der Waals surface area contributed by atoms with Crippen molar-refractivity contribution in [3.05, 3.63) is 47.3 Å². The minimum atomic E-state index is 0. The van der Waals surface area contributed by atoms with Crippen molar-refractivity contribution >= 4 is 41.7 Å². The molecule has 0 amide bonds. The Morgan fingerprint density at radius 1 is 1.22 bits per heavy atom. The lowest BCUT2D eigenvalue weighted by atomic mass is 10.2. The zero-order valence-electron chi connectivity index (χ0n) is 17.2. The van der Waals surface area contributed by atoms with Gasteiger partial charge in [0.05, 0.1) is 17.9 Å². The van der Waals surface area contributed by atoms with Crippen LogP contribution >= 0.6 is 35.7 Å². The molecule has 0 aliphatic rings. The molecule has 1 aromatic carbocycles. The van der Waals surface area contributed by atoms with Gasteiger partial charge in [-0.2, -0.15) is 16.9 Å². The van der Waals surface area contributed by atoms with E-state index in [1.165, 1.54) is 0 Å². The molecule has 0 bridgehead atoms. The minimum Gasteiger partial charge on any atom is -0.357 e. The molecule has 0 radical (unpaired) electrons. The van der Waals surface area contributed by atoms with Gasteiger partial charge in [-0.25, -0.2) is 9.67 Å². The Labute approximate surface area is 184 Å². The molecule has 5 nitrogen and oxygen atoms in total. The van der Waals surface area contributed by atoms with Gasteiger partial charge in [0.15, 0.2) is 5.96 Å². The number of halogens is 1. The van der Waals surface area contributed by atoms with Crippen molar-refractivity contribution < 1.29 is 0 Å². The van der Waals surface area contributed by atoms with E-state index < -0.39 is 0 Å². The first-order chi connectivity index (χ1) is 12.4. The second-order valence-corrected chi connectivity index (χ2v) is 8.49. The van der Waals surface area contributed by atoms with Crippen molar-refractivity contribution in [2.24, 2.45) is 4.99 Å². The molecule has 0 fully saturated rings. The van der Waals surface area contributed by atoms with Gasteiger partial charge in [-0.1, -0.05) is 18.2 Å². The third kappa shape index (κ3) is 7.03. The van der Waals surface area contributed by atoms with E-state index in [0.29, 0.717) is 6.54 Å². The van der Waals surface area contributed by atoms with Crippen LogP contribution in [0.5, 0.6) is 0 Å². The highest BCUT2D eigenvalue weighted by Gasteiger charge is 2.16. The average molecular weight is 501 g/mol. The number of hydrogen-bond donors (Lipinski definition) is 2. The fraction of sp³-hybridized carbons (Fsp3) is 0.500. The number of para-hydroxylation sites is 1. The Morgan fingerprint density at radius 2 is 1.93 bits per heavy atom. The molecule has 1 aromatic heterocycles. The molecule has 0 aliphatic carbocycles. The monoisotopic (exact) mass is 501 g/mol. The topological polar surface area (TPSA) is 54.2 Å². The van der Waals surface area contributed by atoms with Gasteiger partial charge in [0.2, 0.25) is 0 Å². The van der Waals surface area contributed by atoms with Crippen LogP contribution in [0.2, 0.25) is 0 Å². The van der Waals surface area contributed by atoms with E-state index in [2.05, 4.69) is 73.9 Å². The molecular formula is C20H32IN5S. The number of aliphatic imine (C=N–C) groups is 1. The first-order valence-electron chi connectivity index (χ1n) is 9.05. The van der Waals surface area contributed by atoms with Crippen molar-refractivity contribution in [3.63, 3.8) is 0 Å². The van der Waals surface area contributed by atoms with E-state index in [4.69, 9.17) is 4.99 Å². The molecule has 2 N–H and O–H groups in total. The van der Waals surface area contributed by atoms with Crippen molar-refractivity contribution in [2.45, 2.75) is 45.9 Å². The maximum Gasteiger partial charge on any atom is 0.191 e. The normalized spacial score (nSPS) is 11.9. The van der Waals surface area contributed by atoms with Gasteiger partial charge in [-0.3, -0.25) is 0 Å². The van der Waals surface area contributed by atoms with Crippen LogP contribution in [0, 0.1) is 13.8 Å². The fourth-order valence-corrected chi connectivity index (χ4v) is 2.82. The molecule has 0 aliphatic heterocycles. The number of thioether (sulfide) groups is 1. The van der Waals surface area contributed by atoms with Crippen LogP contribution in [0.25, 0.3) is 5.69 Å². The predicted octanol–water partition coefficient (Wildman–Crippen LogP) is 4.30. The van der Waals surface area contributed by atoms with E-state index in [1.54, 1.807) is 0 Å². The summed E-state index contributed by atoms with van der Waals surface area (Å²) in [7, 11) is 0. The van der Waals surface area contributed by atoms with Crippen LogP contribution in [-0.4, -0.2) is 39.8 Å². The molecule has 0 saturated heterocycles. The summed E-state index contributed by atoms with van der Waals surface area (Å²) < 4.78 is 2.16. The molecule has 27 heavy (non-hydrogen) atoms. The van der Waals surface area contributed by atoms with Gasteiger partial charge in [0.1, 0.15) is 0 Å². The number of nitrogens with zero attached hydrogens (tertiary/aromatic N) is 3. The van der Waals surface area contributed by atoms with Gasteiger partial charge in [-0.15, -0.1) is 24.0 Å². The lowest BCUT2D eigenvalue weighted by Crippen LogP contribution is -2.43.